The average Bonchev–Trinajstić information content (AvgIpc) is 3.35. The lowest BCUT2D eigenvalue weighted by molar-refractivity contribution is -0.119. The van der Waals surface area contributed by atoms with Gasteiger partial charge in [-0.2, -0.15) is 0 Å². The van der Waals surface area contributed by atoms with Crippen LogP contribution in [-0.4, -0.2) is 31.2 Å². The number of thiophene rings is 1. The standard InChI is InChI=1S/C20H18FN5OS2/c1-12-10-13(2)26-19(22-12)24-25-20(26)29-11-17(27)23-18(16-4-3-9-28-16)14-5-7-15(21)8-6-14/h3-10,18H,11H2,1-2H3,(H,23,27). The highest BCUT2D eigenvalue weighted by atomic mass is 32.2. The predicted octanol–water partition coefficient (Wildman–Crippen LogP) is 3.94. The highest BCUT2D eigenvalue weighted by molar-refractivity contribution is 7.99. The molecule has 0 bridgehead atoms. The van der Waals surface area contributed by atoms with Gasteiger partial charge in [0.2, 0.25) is 5.91 Å². The second kappa shape index (κ2) is 8.30. The fourth-order valence-electron chi connectivity index (χ4n) is 3.06. The van der Waals surface area contributed by atoms with E-state index in [1.165, 1.54) is 23.9 Å². The lowest BCUT2D eigenvalue weighted by atomic mass is 10.1. The maximum absolute atomic E-state index is 13.3. The summed E-state index contributed by atoms with van der Waals surface area (Å²) in [5.41, 5.74) is 2.66. The van der Waals surface area contributed by atoms with Crippen LogP contribution >= 0.6 is 23.1 Å². The van der Waals surface area contributed by atoms with Gasteiger partial charge in [-0.05, 0) is 49.1 Å². The number of hydrogen-bond acceptors (Lipinski definition) is 6. The molecule has 4 rings (SSSR count). The Morgan fingerprint density at radius 1 is 1.24 bits per heavy atom. The monoisotopic (exact) mass is 427 g/mol. The first kappa shape index (κ1) is 19.5. The Morgan fingerprint density at radius 3 is 2.76 bits per heavy atom. The van der Waals surface area contributed by atoms with Gasteiger partial charge in [0.05, 0.1) is 11.8 Å². The van der Waals surface area contributed by atoms with Crippen molar-refractivity contribution in [1.29, 1.82) is 0 Å². The number of aryl methyl sites for hydroxylation is 2. The van der Waals surface area contributed by atoms with E-state index in [2.05, 4.69) is 20.5 Å². The molecule has 1 aromatic carbocycles. The van der Waals surface area contributed by atoms with Gasteiger partial charge in [-0.1, -0.05) is 30.0 Å². The third kappa shape index (κ3) is 4.30. The molecule has 3 heterocycles. The highest BCUT2D eigenvalue weighted by Crippen LogP contribution is 2.27. The number of halogens is 1. The summed E-state index contributed by atoms with van der Waals surface area (Å²) in [6.45, 7) is 3.86. The van der Waals surface area contributed by atoms with E-state index in [4.69, 9.17) is 0 Å². The minimum atomic E-state index is -0.329. The van der Waals surface area contributed by atoms with E-state index in [0.717, 1.165) is 21.8 Å². The number of nitrogens with one attached hydrogen (secondary N) is 1. The Morgan fingerprint density at radius 2 is 2.03 bits per heavy atom. The van der Waals surface area contributed by atoms with E-state index >= 15 is 0 Å². The zero-order chi connectivity index (χ0) is 20.4. The molecule has 148 valence electrons. The van der Waals surface area contributed by atoms with Gasteiger partial charge in [0.15, 0.2) is 5.16 Å². The molecule has 0 fully saturated rings. The van der Waals surface area contributed by atoms with Crippen molar-refractivity contribution in [3.05, 3.63) is 75.5 Å². The van der Waals surface area contributed by atoms with Crippen molar-refractivity contribution < 1.29 is 9.18 Å². The van der Waals surface area contributed by atoms with Gasteiger partial charge in [0, 0.05) is 16.3 Å². The number of rotatable bonds is 6. The Balaban J connectivity index is 1.50. The van der Waals surface area contributed by atoms with Gasteiger partial charge < -0.3 is 5.32 Å². The second-order valence-electron chi connectivity index (χ2n) is 6.51. The zero-order valence-electron chi connectivity index (χ0n) is 15.8. The first-order valence-corrected chi connectivity index (χ1v) is 10.8. The SMILES string of the molecule is Cc1cc(C)n2c(SCC(=O)NC(c3ccc(F)cc3)c3cccs3)nnc2n1. The van der Waals surface area contributed by atoms with Crippen LogP contribution in [0, 0.1) is 19.7 Å². The summed E-state index contributed by atoms with van der Waals surface area (Å²) in [5.74, 6) is 0.246. The molecule has 0 spiro atoms. The lowest BCUT2D eigenvalue weighted by Crippen LogP contribution is -2.30. The van der Waals surface area contributed by atoms with E-state index in [9.17, 15) is 9.18 Å². The predicted molar refractivity (Wildman–Crippen MR) is 112 cm³/mol. The normalized spacial score (nSPS) is 12.2. The topological polar surface area (TPSA) is 72.2 Å². The molecule has 0 aliphatic heterocycles. The van der Waals surface area contributed by atoms with Crippen molar-refractivity contribution >= 4 is 34.8 Å². The van der Waals surface area contributed by atoms with Gasteiger partial charge in [-0.3, -0.25) is 9.20 Å². The maximum Gasteiger partial charge on any atom is 0.256 e. The first-order chi connectivity index (χ1) is 14.0. The molecular formula is C20H18FN5OS2. The Kier molecular flexibility index (Phi) is 5.59. The third-order valence-electron chi connectivity index (χ3n) is 4.33. The molecule has 1 unspecified atom stereocenters. The fourth-order valence-corrected chi connectivity index (χ4v) is 4.66. The van der Waals surface area contributed by atoms with Crippen LogP contribution in [-0.2, 0) is 4.79 Å². The molecule has 1 N–H and O–H groups in total. The van der Waals surface area contributed by atoms with Crippen LogP contribution in [0.3, 0.4) is 0 Å². The van der Waals surface area contributed by atoms with E-state index in [0.29, 0.717) is 10.9 Å². The molecule has 29 heavy (non-hydrogen) atoms. The van der Waals surface area contributed by atoms with Crippen LogP contribution in [0.25, 0.3) is 5.78 Å². The van der Waals surface area contributed by atoms with Crippen molar-refractivity contribution in [1.82, 2.24) is 24.9 Å². The van der Waals surface area contributed by atoms with Crippen molar-refractivity contribution in [3.63, 3.8) is 0 Å². The molecule has 0 aliphatic rings. The van der Waals surface area contributed by atoms with E-state index in [1.54, 1.807) is 23.5 Å². The molecule has 0 aliphatic carbocycles. The summed E-state index contributed by atoms with van der Waals surface area (Å²) < 4.78 is 15.1. The quantitative estimate of drug-likeness (QED) is 0.472. The Labute approximate surface area is 175 Å². The van der Waals surface area contributed by atoms with Crippen molar-refractivity contribution in [2.45, 2.75) is 25.0 Å². The summed E-state index contributed by atoms with van der Waals surface area (Å²) in [7, 11) is 0. The van der Waals surface area contributed by atoms with Gasteiger partial charge in [0.25, 0.3) is 5.78 Å². The third-order valence-corrected chi connectivity index (χ3v) is 6.20. The smallest absolute Gasteiger partial charge is 0.256 e. The van der Waals surface area contributed by atoms with Crippen molar-refractivity contribution in [3.8, 4) is 0 Å². The number of thioether (sulfide) groups is 1. The summed E-state index contributed by atoms with van der Waals surface area (Å²) in [4.78, 5) is 18.0. The van der Waals surface area contributed by atoms with Crippen molar-refractivity contribution in [2.24, 2.45) is 0 Å². The Bertz CT molecular complexity index is 1140. The largest absolute Gasteiger partial charge is 0.344 e. The molecule has 0 saturated heterocycles. The number of amides is 1. The second-order valence-corrected chi connectivity index (χ2v) is 8.43. The lowest BCUT2D eigenvalue weighted by Gasteiger charge is -2.18. The number of nitrogens with zero attached hydrogens (tertiary/aromatic N) is 4. The molecule has 0 radical (unpaired) electrons. The fraction of sp³-hybridized carbons (Fsp3) is 0.200. The maximum atomic E-state index is 13.3. The zero-order valence-corrected chi connectivity index (χ0v) is 17.4. The molecule has 3 aromatic heterocycles. The van der Waals surface area contributed by atoms with E-state index in [1.807, 2.05) is 41.8 Å². The number of aromatic nitrogens is 4. The van der Waals surface area contributed by atoms with Crippen molar-refractivity contribution in [2.75, 3.05) is 5.75 Å². The number of carbonyl (C=O) groups is 1. The van der Waals surface area contributed by atoms with Crippen LogP contribution in [0.4, 0.5) is 4.39 Å². The summed E-state index contributed by atoms with van der Waals surface area (Å²) in [5, 5.41) is 13.9. The van der Waals surface area contributed by atoms with Crippen LogP contribution < -0.4 is 5.32 Å². The van der Waals surface area contributed by atoms with E-state index < -0.39 is 0 Å². The van der Waals surface area contributed by atoms with Crippen LogP contribution in [0.1, 0.15) is 27.9 Å². The number of carbonyl (C=O) groups excluding carboxylic acids is 1. The number of fused-ring (bicyclic) bond motifs is 1. The molecule has 4 aromatic rings. The summed E-state index contributed by atoms with van der Waals surface area (Å²) >= 11 is 2.85. The molecule has 0 saturated carbocycles. The average molecular weight is 428 g/mol. The Hall–Kier alpha value is -2.78. The van der Waals surface area contributed by atoms with Crippen LogP contribution in [0.15, 0.2) is 53.0 Å². The molecule has 9 heteroatoms. The minimum Gasteiger partial charge on any atom is -0.344 e. The van der Waals surface area contributed by atoms with Crippen LogP contribution in [0.2, 0.25) is 0 Å². The first-order valence-electron chi connectivity index (χ1n) is 8.91. The van der Waals surface area contributed by atoms with Gasteiger partial charge in [-0.15, -0.1) is 21.5 Å². The number of benzene rings is 1. The van der Waals surface area contributed by atoms with E-state index in [-0.39, 0.29) is 23.5 Å². The van der Waals surface area contributed by atoms with Crippen LogP contribution in [0.5, 0.6) is 0 Å². The minimum absolute atomic E-state index is 0.146. The molecule has 6 nitrogen and oxygen atoms in total. The van der Waals surface area contributed by atoms with Gasteiger partial charge in [0.1, 0.15) is 5.82 Å². The molecular weight excluding hydrogens is 409 g/mol. The van der Waals surface area contributed by atoms with Gasteiger partial charge in [-0.25, -0.2) is 9.37 Å². The molecule has 1 amide bonds. The highest BCUT2D eigenvalue weighted by Gasteiger charge is 2.19. The summed E-state index contributed by atoms with van der Waals surface area (Å²) in [6, 6.07) is 11.7. The molecule has 1 atom stereocenters. The summed E-state index contributed by atoms with van der Waals surface area (Å²) in [6.07, 6.45) is 0. The van der Waals surface area contributed by atoms with Gasteiger partial charge >= 0.3 is 0 Å². The number of hydrogen-bond donors (Lipinski definition) is 1.